The summed E-state index contributed by atoms with van der Waals surface area (Å²) in [6.07, 6.45) is 0. The molecule has 0 N–H and O–H groups in total. The molecule has 0 unspecified atom stereocenters. The normalized spacial score (nSPS) is 11.7. The lowest BCUT2D eigenvalue weighted by atomic mass is 9.99. The molecule has 43 heavy (non-hydrogen) atoms. The molecule has 0 saturated heterocycles. The molecule has 0 spiro atoms. The zero-order valence-corrected chi connectivity index (χ0v) is 23.5. The van der Waals surface area contributed by atoms with E-state index in [-0.39, 0.29) is 0 Å². The predicted molar refractivity (Wildman–Crippen MR) is 184 cm³/mol. The maximum absolute atomic E-state index is 2.41. The largest absolute Gasteiger partial charge is 0.310 e. The number of benzene rings is 8. The van der Waals surface area contributed by atoms with Gasteiger partial charge in [-0.15, -0.1) is 0 Å². The number of hydrogen-bond donors (Lipinski definition) is 0. The van der Waals surface area contributed by atoms with E-state index in [9.17, 15) is 0 Å². The van der Waals surface area contributed by atoms with Crippen LogP contribution in [-0.2, 0) is 0 Å². The van der Waals surface area contributed by atoms with Crippen LogP contribution in [0.25, 0.3) is 65.7 Å². The van der Waals surface area contributed by atoms with E-state index in [1.807, 2.05) is 0 Å². The van der Waals surface area contributed by atoms with Crippen molar-refractivity contribution in [2.75, 3.05) is 4.90 Å². The van der Waals surface area contributed by atoms with Crippen molar-refractivity contribution >= 4 is 49.4 Å². The van der Waals surface area contributed by atoms with E-state index in [1.54, 1.807) is 0 Å². The molecule has 1 aliphatic carbocycles. The summed E-state index contributed by atoms with van der Waals surface area (Å²) < 4.78 is 0. The summed E-state index contributed by atoms with van der Waals surface area (Å²) in [5.74, 6) is 0. The second kappa shape index (κ2) is 9.44. The van der Waals surface area contributed by atoms with Gasteiger partial charge in [-0.05, 0) is 102 Å². The zero-order chi connectivity index (χ0) is 28.3. The zero-order valence-electron chi connectivity index (χ0n) is 23.5. The highest BCUT2D eigenvalue weighted by Gasteiger charge is 2.23. The summed E-state index contributed by atoms with van der Waals surface area (Å²) in [5.41, 5.74) is 11.1. The number of hydrogen-bond acceptors (Lipinski definition) is 1. The van der Waals surface area contributed by atoms with E-state index >= 15 is 0 Å². The fraction of sp³-hybridized carbons (Fsp3) is 0. The Balaban J connectivity index is 1.27. The van der Waals surface area contributed by atoms with Crippen LogP contribution < -0.4 is 4.90 Å². The Hall–Kier alpha value is -5.66. The molecule has 0 aliphatic heterocycles. The van der Waals surface area contributed by atoms with Gasteiger partial charge in [0.25, 0.3) is 0 Å². The molecule has 9 rings (SSSR count). The molecule has 8 aromatic carbocycles. The Morgan fingerprint density at radius 3 is 1.77 bits per heavy atom. The van der Waals surface area contributed by atoms with Crippen LogP contribution >= 0.6 is 0 Å². The second-order valence-corrected chi connectivity index (χ2v) is 11.4. The van der Waals surface area contributed by atoms with Crippen molar-refractivity contribution in [2.45, 2.75) is 0 Å². The van der Waals surface area contributed by atoms with Crippen molar-refractivity contribution in [3.8, 4) is 33.4 Å². The average Bonchev–Trinajstić information content (AvgIpc) is 3.40. The van der Waals surface area contributed by atoms with Crippen LogP contribution in [0.4, 0.5) is 17.1 Å². The van der Waals surface area contributed by atoms with Crippen molar-refractivity contribution < 1.29 is 0 Å². The van der Waals surface area contributed by atoms with Crippen LogP contribution in [0.2, 0.25) is 0 Å². The molecular weight excluding hydrogens is 518 g/mol. The van der Waals surface area contributed by atoms with Crippen LogP contribution in [0.5, 0.6) is 0 Å². The number of rotatable bonds is 4. The summed E-state index contributed by atoms with van der Waals surface area (Å²) in [4.78, 5) is 2.41. The average molecular weight is 546 g/mol. The van der Waals surface area contributed by atoms with E-state index in [0.29, 0.717) is 0 Å². The quantitative estimate of drug-likeness (QED) is 0.199. The Bertz CT molecular complexity index is 2330. The molecule has 8 aromatic rings. The smallest absolute Gasteiger partial charge is 0.0474 e. The van der Waals surface area contributed by atoms with Crippen LogP contribution in [0.15, 0.2) is 164 Å². The van der Waals surface area contributed by atoms with E-state index < -0.39 is 0 Å². The SMILES string of the molecule is c1ccc(-c2ccc(N(c3cc4c5c(cccc5c3)-c3ccccc3-4)c3ccc4c(ccc5ccccc54)c3)cc2)cc1. The van der Waals surface area contributed by atoms with E-state index in [0.717, 1.165) is 17.1 Å². The molecule has 0 aromatic heterocycles. The topological polar surface area (TPSA) is 3.24 Å². The molecule has 0 bridgehead atoms. The first-order valence-electron chi connectivity index (χ1n) is 14.9. The summed E-state index contributed by atoms with van der Waals surface area (Å²) in [7, 11) is 0. The van der Waals surface area contributed by atoms with Crippen LogP contribution in [0.3, 0.4) is 0 Å². The third kappa shape index (κ3) is 3.79. The van der Waals surface area contributed by atoms with Crippen LogP contribution in [-0.4, -0.2) is 0 Å². The molecule has 1 nitrogen and oxygen atoms in total. The lowest BCUT2D eigenvalue weighted by Crippen LogP contribution is -2.10. The van der Waals surface area contributed by atoms with Gasteiger partial charge in [-0.3, -0.25) is 0 Å². The maximum atomic E-state index is 2.41. The summed E-state index contributed by atoms with van der Waals surface area (Å²) in [5, 5.41) is 7.67. The molecule has 0 radical (unpaired) electrons. The first-order valence-corrected chi connectivity index (χ1v) is 14.9. The molecule has 200 valence electrons. The van der Waals surface area contributed by atoms with Gasteiger partial charge >= 0.3 is 0 Å². The third-order valence-corrected chi connectivity index (χ3v) is 8.95. The standard InChI is InChI=1S/C42H27N/c1-2-9-28(10-3-1)29-19-21-33(22-20-29)43(34-23-24-37-31(25-34)18-17-30-11-4-5-13-36(30)37)35-26-32-12-8-16-40-38-14-6-7-15-39(38)41(27-35)42(32)40/h1-27H. The maximum Gasteiger partial charge on any atom is 0.0474 e. The Morgan fingerprint density at radius 2 is 0.907 bits per heavy atom. The first-order chi connectivity index (χ1) is 21.3. The fourth-order valence-corrected chi connectivity index (χ4v) is 6.95. The van der Waals surface area contributed by atoms with Crippen molar-refractivity contribution in [2.24, 2.45) is 0 Å². The van der Waals surface area contributed by atoms with Gasteiger partial charge in [0.2, 0.25) is 0 Å². The summed E-state index contributed by atoms with van der Waals surface area (Å²) >= 11 is 0. The fourth-order valence-electron chi connectivity index (χ4n) is 6.95. The highest BCUT2D eigenvalue weighted by Crippen LogP contribution is 2.50. The minimum Gasteiger partial charge on any atom is -0.310 e. The van der Waals surface area contributed by atoms with Gasteiger partial charge in [-0.25, -0.2) is 0 Å². The van der Waals surface area contributed by atoms with E-state index in [2.05, 4.69) is 169 Å². The number of nitrogens with zero attached hydrogens (tertiary/aromatic N) is 1. The van der Waals surface area contributed by atoms with Gasteiger partial charge in [0.05, 0.1) is 0 Å². The second-order valence-electron chi connectivity index (χ2n) is 11.4. The summed E-state index contributed by atoms with van der Waals surface area (Å²) in [6, 6.07) is 59.8. The first kappa shape index (κ1) is 24.0. The molecule has 1 heteroatoms. The van der Waals surface area contributed by atoms with Crippen molar-refractivity contribution in [3.05, 3.63) is 164 Å². The number of fused-ring (bicyclic) bond motifs is 6. The van der Waals surface area contributed by atoms with Crippen LogP contribution in [0, 0.1) is 0 Å². The predicted octanol–water partition coefficient (Wildman–Crippen LogP) is 11.9. The Labute approximate surface area is 250 Å². The lowest BCUT2D eigenvalue weighted by molar-refractivity contribution is 1.30. The lowest BCUT2D eigenvalue weighted by Gasteiger charge is -2.27. The molecule has 1 aliphatic rings. The van der Waals surface area contributed by atoms with E-state index in [1.165, 1.54) is 65.7 Å². The monoisotopic (exact) mass is 545 g/mol. The van der Waals surface area contributed by atoms with Crippen LogP contribution in [0.1, 0.15) is 0 Å². The van der Waals surface area contributed by atoms with Gasteiger partial charge in [0.1, 0.15) is 0 Å². The highest BCUT2D eigenvalue weighted by atomic mass is 15.1. The van der Waals surface area contributed by atoms with Gasteiger partial charge in [0, 0.05) is 17.1 Å². The third-order valence-electron chi connectivity index (χ3n) is 8.95. The van der Waals surface area contributed by atoms with Gasteiger partial charge in [0.15, 0.2) is 0 Å². The molecular formula is C42H27N. The highest BCUT2D eigenvalue weighted by molar-refractivity contribution is 6.17. The minimum atomic E-state index is 1.13. The molecule has 0 fully saturated rings. The van der Waals surface area contributed by atoms with Crippen molar-refractivity contribution in [1.29, 1.82) is 0 Å². The summed E-state index contributed by atoms with van der Waals surface area (Å²) in [6.45, 7) is 0. The minimum absolute atomic E-state index is 1.13. The number of anilines is 3. The van der Waals surface area contributed by atoms with Crippen molar-refractivity contribution in [3.63, 3.8) is 0 Å². The van der Waals surface area contributed by atoms with Gasteiger partial charge in [-0.1, -0.05) is 127 Å². The Morgan fingerprint density at radius 1 is 0.302 bits per heavy atom. The Kier molecular flexibility index (Phi) is 5.27. The molecule has 0 heterocycles. The molecule has 0 amide bonds. The van der Waals surface area contributed by atoms with E-state index in [4.69, 9.17) is 0 Å². The molecule has 0 atom stereocenters. The van der Waals surface area contributed by atoms with Gasteiger partial charge in [-0.2, -0.15) is 0 Å². The molecule has 0 saturated carbocycles. The van der Waals surface area contributed by atoms with Crippen molar-refractivity contribution in [1.82, 2.24) is 0 Å². The van der Waals surface area contributed by atoms with Gasteiger partial charge < -0.3 is 4.90 Å².